The zero-order valence-corrected chi connectivity index (χ0v) is 12.5. The summed E-state index contributed by atoms with van der Waals surface area (Å²) in [5, 5.41) is 7.56. The number of hydrogen-bond donors (Lipinski definition) is 1. The van der Waals surface area contributed by atoms with E-state index >= 15 is 0 Å². The molecule has 0 aromatic carbocycles. The third-order valence-electron chi connectivity index (χ3n) is 5.06. The molecule has 0 radical (unpaired) electrons. The molecule has 110 valence electrons. The van der Waals surface area contributed by atoms with Crippen LogP contribution in [0.5, 0.6) is 0 Å². The van der Waals surface area contributed by atoms with Gasteiger partial charge in [0.05, 0.1) is 12.2 Å². The van der Waals surface area contributed by atoms with Crippen molar-refractivity contribution in [3.05, 3.63) is 18.0 Å². The highest BCUT2D eigenvalue weighted by atomic mass is 16.2. The van der Waals surface area contributed by atoms with Crippen LogP contribution in [0.1, 0.15) is 57.6 Å². The summed E-state index contributed by atoms with van der Waals surface area (Å²) in [7, 11) is 0. The third-order valence-corrected chi connectivity index (χ3v) is 5.06. The number of hydrogen-bond acceptors (Lipinski definition) is 2. The van der Waals surface area contributed by atoms with E-state index in [9.17, 15) is 4.79 Å². The minimum absolute atomic E-state index is 0.116. The van der Waals surface area contributed by atoms with Crippen LogP contribution in [-0.4, -0.2) is 15.7 Å². The van der Waals surface area contributed by atoms with Crippen LogP contribution in [-0.2, 0) is 11.3 Å². The smallest absolute Gasteiger partial charge is 0.224 e. The molecule has 1 unspecified atom stereocenters. The van der Waals surface area contributed by atoms with Gasteiger partial charge in [-0.2, -0.15) is 5.10 Å². The normalized spacial score (nSPS) is 29.6. The summed E-state index contributed by atoms with van der Waals surface area (Å²) >= 11 is 0. The van der Waals surface area contributed by atoms with E-state index in [0.29, 0.717) is 17.8 Å². The lowest BCUT2D eigenvalue weighted by Crippen LogP contribution is -2.30. The number of nitrogens with one attached hydrogen (secondary N) is 1. The first-order chi connectivity index (χ1) is 9.74. The van der Waals surface area contributed by atoms with E-state index in [0.717, 1.165) is 18.5 Å². The van der Waals surface area contributed by atoms with Crippen molar-refractivity contribution in [2.24, 2.45) is 17.8 Å². The van der Waals surface area contributed by atoms with Gasteiger partial charge in [-0.15, -0.1) is 0 Å². The molecule has 0 saturated heterocycles. The topological polar surface area (TPSA) is 46.9 Å². The Hall–Kier alpha value is -1.32. The summed E-state index contributed by atoms with van der Waals surface area (Å²) in [5.41, 5.74) is 1.13. The average molecular weight is 275 g/mol. The average Bonchev–Trinajstić information content (AvgIpc) is 3.02. The maximum atomic E-state index is 12.5. The second-order valence-electron chi connectivity index (χ2n) is 6.24. The lowest BCUT2D eigenvalue weighted by Gasteiger charge is -2.15. The van der Waals surface area contributed by atoms with Gasteiger partial charge in [0.15, 0.2) is 0 Å². The van der Waals surface area contributed by atoms with Crippen LogP contribution in [0.4, 0.5) is 0 Å². The summed E-state index contributed by atoms with van der Waals surface area (Å²) in [4.78, 5) is 12.5. The van der Waals surface area contributed by atoms with Gasteiger partial charge < -0.3 is 5.32 Å². The molecule has 20 heavy (non-hydrogen) atoms. The maximum absolute atomic E-state index is 12.5. The molecule has 3 rings (SSSR count). The first kappa shape index (κ1) is 13.7. The fourth-order valence-corrected chi connectivity index (χ4v) is 3.80. The molecule has 1 aromatic rings. The molecule has 4 heteroatoms. The number of fused-ring (bicyclic) bond motifs is 1. The fraction of sp³-hybridized carbons (Fsp3) is 0.750. The molecule has 0 spiro atoms. The van der Waals surface area contributed by atoms with Crippen LogP contribution in [0.2, 0.25) is 0 Å². The lowest BCUT2D eigenvalue weighted by molar-refractivity contribution is -0.123. The number of nitrogens with zero attached hydrogens (tertiary/aromatic N) is 2. The number of aryl methyl sites for hydroxylation is 1. The van der Waals surface area contributed by atoms with Crippen LogP contribution in [0.15, 0.2) is 12.4 Å². The van der Waals surface area contributed by atoms with Gasteiger partial charge in [-0.3, -0.25) is 9.48 Å². The molecule has 2 saturated carbocycles. The van der Waals surface area contributed by atoms with Crippen molar-refractivity contribution in [1.82, 2.24) is 15.1 Å². The van der Waals surface area contributed by atoms with E-state index in [1.165, 1.54) is 25.7 Å². The molecule has 4 nitrogen and oxygen atoms in total. The van der Waals surface area contributed by atoms with Crippen molar-refractivity contribution in [1.29, 1.82) is 0 Å². The van der Waals surface area contributed by atoms with Crippen molar-refractivity contribution >= 4 is 5.91 Å². The van der Waals surface area contributed by atoms with Gasteiger partial charge in [-0.05, 0) is 38.0 Å². The van der Waals surface area contributed by atoms with Crippen LogP contribution in [0.3, 0.4) is 0 Å². The lowest BCUT2D eigenvalue weighted by atomic mass is 10.0. The standard InChI is InChI=1S/C16H25N3O/c1-3-14(11-9-17-19(4-2)10-11)18-16(20)15-12-7-5-6-8-13(12)15/h9-10,12-15H,3-8H2,1-2H3,(H,18,20)/t12-,13+,14-,15?/m1/s1. The quantitative estimate of drug-likeness (QED) is 0.898. The summed E-state index contributed by atoms with van der Waals surface area (Å²) in [6.07, 6.45) is 9.99. The molecule has 2 fully saturated rings. The van der Waals surface area contributed by atoms with Crippen molar-refractivity contribution < 1.29 is 4.79 Å². The van der Waals surface area contributed by atoms with Crippen molar-refractivity contribution in [3.63, 3.8) is 0 Å². The first-order valence-electron chi connectivity index (χ1n) is 8.07. The van der Waals surface area contributed by atoms with Gasteiger partial charge in [0.25, 0.3) is 0 Å². The fourth-order valence-electron chi connectivity index (χ4n) is 3.80. The van der Waals surface area contributed by atoms with E-state index in [4.69, 9.17) is 0 Å². The van der Waals surface area contributed by atoms with Gasteiger partial charge in [-0.1, -0.05) is 19.8 Å². The minimum Gasteiger partial charge on any atom is -0.349 e. The van der Waals surface area contributed by atoms with Crippen molar-refractivity contribution in [3.8, 4) is 0 Å². The highest BCUT2D eigenvalue weighted by Crippen LogP contribution is 2.55. The van der Waals surface area contributed by atoms with Crippen LogP contribution >= 0.6 is 0 Å². The van der Waals surface area contributed by atoms with Crippen LogP contribution < -0.4 is 5.32 Å². The predicted molar refractivity (Wildman–Crippen MR) is 78.0 cm³/mol. The largest absolute Gasteiger partial charge is 0.349 e. The Morgan fingerprint density at radius 2 is 2.10 bits per heavy atom. The summed E-state index contributed by atoms with van der Waals surface area (Å²) < 4.78 is 1.92. The van der Waals surface area contributed by atoms with E-state index < -0.39 is 0 Å². The molecular weight excluding hydrogens is 250 g/mol. The highest BCUT2D eigenvalue weighted by molar-refractivity contribution is 5.82. The second kappa shape index (κ2) is 5.58. The number of carbonyl (C=O) groups is 1. The molecule has 1 heterocycles. The Morgan fingerprint density at radius 1 is 1.40 bits per heavy atom. The predicted octanol–water partition coefficient (Wildman–Crippen LogP) is 2.91. The second-order valence-corrected chi connectivity index (χ2v) is 6.24. The van der Waals surface area contributed by atoms with E-state index in [1.807, 2.05) is 17.1 Å². The Morgan fingerprint density at radius 3 is 2.65 bits per heavy atom. The molecule has 2 aliphatic carbocycles. The molecule has 1 N–H and O–H groups in total. The molecule has 2 aliphatic rings. The van der Waals surface area contributed by atoms with Crippen molar-refractivity contribution in [2.45, 2.75) is 58.5 Å². The summed E-state index contributed by atoms with van der Waals surface area (Å²) in [6, 6.07) is 0.116. The van der Waals surface area contributed by atoms with Gasteiger partial charge in [0.1, 0.15) is 0 Å². The summed E-state index contributed by atoms with van der Waals surface area (Å²) in [6.45, 7) is 5.07. The molecule has 1 amide bonds. The SMILES string of the molecule is CC[C@@H](NC(=O)C1[C@H]2CCCC[C@@H]12)c1cnn(CC)c1. The third kappa shape index (κ3) is 2.48. The maximum Gasteiger partial charge on any atom is 0.224 e. The van der Waals surface area contributed by atoms with Gasteiger partial charge in [-0.25, -0.2) is 0 Å². The van der Waals surface area contributed by atoms with Crippen molar-refractivity contribution in [2.75, 3.05) is 0 Å². The zero-order valence-electron chi connectivity index (χ0n) is 12.5. The van der Waals surface area contributed by atoms with Crippen LogP contribution in [0.25, 0.3) is 0 Å². The van der Waals surface area contributed by atoms with E-state index in [1.54, 1.807) is 0 Å². The molecule has 1 aromatic heterocycles. The minimum atomic E-state index is 0.116. The zero-order chi connectivity index (χ0) is 14.1. The number of amides is 1. The number of carbonyl (C=O) groups excluding carboxylic acids is 1. The molecular formula is C16H25N3O. The van der Waals surface area contributed by atoms with Gasteiger partial charge in [0.2, 0.25) is 5.91 Å². The Kier molecular flexibility index (Phi) is 3.81. The Bertz CT molecular complexity index is 470. The highest BCUT2D eigenvalue weighted by Gasteiger charge is 2.54. The Balaban J connectivity index is 1.61. The van der Waals surface area contributed by atoms with Crippen LogP contribution in [0, 0.1) is 17.8 Å². The Labute approximate surface area is 120 Å². The number of aromatic nitrogens is 2. The number of rotatable bonds is 5. The molecule has 4 atom stereocenters. The molecule has 0 aliphatic heterocycles. The summed E-state index contributed by atoms with van der Waals surface area (Å²) in [5.74, 6) is 1.94. The van der Waals surface area contributed by atoms with E-state index in [2.05, 4.69) is 24.3 Å². The van der Waals surface area contributed by atoms with E-state index in [-0.39, 0.29) is 11.9 Å². The monoisotopic (exact) mass is 275 g/mol. The van der Waals surface area contributed by atoms with Gasteiger partial charge >= 0.3 is 0 Å². The van der Waals surface area contributed by atoms with Gasteiger partial charge in [0, 0.05) is 24.2 Å². The first-order valence-corrected chi connectivity index (χ1v) is 8.07. The molecule has 0 bridgehead atoms.